The third-order valence-corrected chi connectivity index (χ3v) is 10.9. The number of rotatable bonds is 7. The summed E-state index contributed by atoms with van der Waals surface area (Å²) < 4.78 is 4.91. The molecule has 3 aromatic carbocycles. The highest BCUT2D eigenvalue weighted by atomic mass is 16.6. The number of nitrogens with zero attached hydrogens (tertiary/aromatic N) is 7. The van der Waals surface area contributed by atoms with Crippen LogP contribution in [0.4, 0.5) is 5.69 Å². The molecule has 0 radical (unpaired) electrons. The lowest BCUT2D eigenvalue weighted by atomic mass is 9.87. The third kappa shape index (κ3) is 5.23. The molecule has 1 saturated carbocycles. The molecule has 9 rings (SSSR count). The number of amides is 1. The molecule has 0 atom stereocenters. The molecule has 0 unspecified atom stereocenters. The summed E-state index contributed by atoms with van der Waals surface area (Å²) in [6.45, 7) is 8.11. The molecule has 1 amide bonds. The molecule has 1 saturated heterocycles. The molecule has 2 fully saturated rings. The van der Waals surface area contributed by atoms with Gasteiger partial charge in [-0.1, -0.05) is 58.8 Å². The number of hydrogen-bond donors (Lipinski definition) is 1. The highest BCUT2D eigenvalue weighted by Gasteiger charge is 2.49. The van der Waals surface area contributed by atoms with Gasteiger partial charge in [-0.15, -0.1) is 0 Å². The summed E-state index contributed by atoms with van der Waals surface area (Å²) in [5.74, 6) is 0.0221. The van der Waals surface area contributed by atoms with Gasteiger partial charge >= 0.3 is 0 Å². The number of aromatic amines is 1. The number of fused-ring (bicyclic) bond motifs is 2. The summed E-state index contributed by atoms with van der Waals surface area (Å²) in [7, 11) is 2.19. The van der Waals surface area contributed by atoms with E-state index >= 15 is 0 Å². The first-order valence-corrected chi connectivity index (χ1v) is 17.1. The van der Waals surface area contributed by atoms with Crippen LogP contribution in [0.1, 0.15) is 51.1 Å². The van der Waals surface area contributed by atoms with E-state index in [1.165, 1.54) is 11.1 Å². The maximum atomic E-state index is 14.0. The fraction of sp³-hybridized carbons (Fsp3) is 0.308. The van der Waals surface area contributed by atoms with E-state index in [0.717, 1.165) is 114 Å². The second-order valence-electron chi connectivity index (χ2n) is 13.8. The zero-order chi connectivity index (χ0) is 33.1. The fourth-order valence-electron chi connectivity index (χ4n) is 7.75. The molecule has 1 N–H and O–H groups in total. The normalized spacial score (nSPS) is 17.8. The lowest BCUT2D eigenvalue weighted by molar-refractivity contribution is 0.0980. The molecular weight excluding hydrogens is 612 g/mol. The monoisotopic (exact) mass is 650 g/mol. The van der Waals surface area contributed by atoms with E-state index in [9.17, 15) is 4.79 Å². The average Bonchev–Trinajstić information content (AvgIpc) is 3.51. The highest BCUT2D eigenvalue weighted by Crippen LogP contribution is 2.53. The smallest absolute Gasteiger partial charge is 0.258 e. The molecule has 3 aromatic heterocycles. The number of nitrogens with one attached hydrogen (secondary N) is 1. The Kier molecular flexibility index (Phi) is 7.17. The van der Waals surface area contributed by atoms with Gasteiger partial charge in [0.1, 0.15) is 17.7 Å². The number of H-pyrrole nitrogens is 1. The zero-order valence-electron chi connectivity index (χ0n) is 27.8. The number of hydrogen-bond acceptors (Lipinski definition) is 8. The minimum absolute atomic E-state index is 0.0221. The van der Waals surface area contributed by atoms with E-state index < -0.39 is 0 Å². The summed E-state index contributed by atoms with van der Waals surface area (Å²) in [5.41, 5.74) is 11.7. The SMILES string of the molecule is Cc1c(-c2ncnc3[nH]c(-c4ccc(CN5CCN(C)CC5)cc4)cc23)cccc1N1CCc2cc(C3(c4cnon4)CC3)ccc2C1=O. The van der Waals surface area contributed by atoms with Gasteiger partial charge < -0.3 is 14.8 Å². The number of likely N-dealkylation sites (N-methyl/N-ethyl adjacent to an activating group) is 1. The number of benzene rings is 3. The Balaban J connectivity index is 0.980. The van der Waals surface area contributed by atoms with Gasteiger partial charge in [0.25, 0.3) is 5.91 Å². The number of aromatic nitrogens is 5. The molecule has 6 aromatic rings. The minimum Gasteiger partial charge on any atom is -0.339 e. The quantitative estimate of drug-likeness (QED) is 0.224. The molecule has 49 heavy (non-hydrogen) atoms. The zero-order valence-corrected chi connectivity index (χ0v) is 27.8. The van der Waals surface area contributed by atoms with Gasteiger partial charge in [-0.25, -0.2) is 14.6 Å². The Morgan fingerprint density at radius 2 is 1.76 bits per heavy atom. The molecule has 5 heterocycles. The summed E-state index contributed by atoms with van der Waals surface area (Å²) in [4.78, 5) is 33.7. The van der Waals surface area contributed by atoms with Crippen molar-refractivity contribution in [2.45, 2.75) is 38.1 Å². The van der Waals surface area contributed by atoms with Crippen LogP contribution in [0.2, 0.25) is 0 Å². The Morgan fingerprint density at radius 3 is 2.53 bits per heavy atom. The topological polar surface area (TPSA) is 107 Å². The standard InChI is InChI=1S/C39H38N8O2/c1-25-30(36-32-21-33(43-37(32)41-24-40-36)27-8-6-26(7-9-27)23-46-18-16-45(2)17-19-46)4-3-5-34(25)47-15-12-28-20-29(10-11-31(28)38(47)48)39(13-14-39)35-22-42-49-44-35/h3-11,20-22,24H,12-19,23H2,1-2H3,(H,40,41,43). The van der Waals surface area contributed by atoms with E-state index in [0.29, 0.717) is 6.54 Å². The van der Waals surface area contributed by atoms with E-state index in [4.69, 9.17) is 9.61 Å². The van der Waals surface area contributed by atoms with E-state index in [1.807, 2.05) is 23.1 Å². The summed E-state index contributed by atoms with van der Waals surface area (Å²) in [6.07, 6.45) is 6.12. The van der Waals surface area contributed by atoms with E-state index in [2.05, 4.69) is 92.6 Å². The first kappa shape index (κ1) is 29.9. The Bertz CT molecular complexity index is 2180. The Hall–Kier alpha value is -5.19. The molecule has 1 aliphatic carbocycles. The van der Waals surface area contributed by atoms with Crippen molar-refractivity contribution in [2.75, 3.05) is 44.7 Å². The lowest BCUT2D eigenvalue weighted by Crippen LogP contribution is -2.43. The van der Waals surface area contributed by atoms with Crippen LogP contribution in [-0.4, -0.2) is 80.7 Å². The van der Waals surface area contributed by atoms with Gasteiger partial charge in [-0.2, -0.15) is 0 Å². The Labute approximate surface area is 284 Å². The van der Waals surface area contributed by atoms with Crippen molar-refractivity contribution in [3.05, 3.63) is 113 Å². The van der Waals surface area contributed by atoms with Crippen LogP contribution in [0.15, 0.2) is 83.9 Å². The van der Waals surface area contributed by atoms with E-state index in [-0.39, 0.29) is 11.3 Å². The predicted octanol–water partition coefficient (Wildman–Crippen LogP) is 6.01. The van der Waals surface area contributed by atoms with Crippen LogP contribution >= 0.6 is 0 Å². The molecule has 10 heteroatoms. The van der Waals surface area contributed by atoms with Crippen LogP contribution < -0.4 is 4.90 Å². The second-order valence-corrected chi connectivity index (χ2v) is 13.8. The van der Waals surface area contributed by atoms with Crippen molar-refractivity contribution in [1.29, 1.82) is 0 Å². The van der Waals surface area contributed by atoms with Gasteiger partial charge in [-0.05, 0) is 79.3 Å². The van der Waals surface area contributed by atoms with Gasteiger partial charge in [0, 0.05) is 72.6 Å². The summed E-state index contributed by atoms with van der Waals surface area (Å²) >= 11 is 0. The van der Waals surface area contributed by atoms with Crippen LogP contribution in [0, 0.1) is 6.92 Å². The number of anilines is 1. The fourth-order valence-corrected chi connectivity index (χ4v) is 7.75. The summed E-state index contributed by atoms with van der Waals surface area (Å²) in [5, 5.41) is 8.92. The van der Waals surface area contributed by atoms with Crippen LogP contribution in [-0.2, 0) is 18.4 Å². The molecule has 246 valence electrons. The van der Waals surface area contributed by atoms with E-state index in [1.54, 1.807) is 12.5 Å². The largest absolute Gasteiger partial charge is 0.339 e. The van der Waals surface area contributed by atoms with Gasteiger partial charge in [0.2, 0.25) is 0 Å². The first-order chi connectivity index (χ1) is 24.0. The molecule has 3 aliphatic rings. The minimum atomic E-state index is -0.144. The maximum absolute atomic E-state index is 14.0. The second kappa shape index (κ2) is 11.7. The number of piperazine rings is 1. The lowest BCUT2D eigenvalue weighted by Gasteiger charge is -2.32. The van der Waals surface area contributed by atoms with Crippen LogP contribution in [0.5, 0.6) is 0 Å². The van der Waals surface area contributed by atoms with Crippen molar-refractivity contribution >= 4 is 22.6 Å². The third-order valence-electron chi connectivity index (χ3n) is 10.9. The van der Waals surface area contributed by atoms with Crippen molar-refractivity contribution < 1.29 is 9.42 Å². The van der Waals surface area contributed by atoms with Crippen molar-refractivity contribution in [1.82, 2.24) is 35.1 Å². The Morgan fingerprint density at radius 1 is 0.918 bits per heavy atom. The van der Waals surface area contributed by atoms with Gasteiger partial charge in [0.15, 0.2) is 0 Å². The first-order valence-electron chi connectivity index (χ1n) is 17.1. The number of carbonyl (C=O) groups is 1. The summed E-state index contributed by atoms with van der Waals surface area (Å²) in [6, 6.07) is 23.4. The van der Waals surface area contributed by atoms with Crippen LogP contribution in [0.3, 0.4) is 0 Å². The highest BCUT2D eigenvalue weighted by molar-refractivity contribution is 6.09. The van der Waals surface area contributed by atoms with Crippen LogP contribution in [0.25, 0.3) is 33.5 Å². The van der Waals surface area contributed by atoms with Gasteiger partial charge in [0.05, 0.1) is 11.9 Å². The van der Waals surface area contributed by atoms with Crippen molar-refractivity contribution in [3.63, 3.8) is 0 Å². The van der Waals surface area contributed by atoms with Gasteiger partial charge in [-0.3, -0.25) is 9.69 Å². The average molecular weight is 651 g/mol. The molecule has 0 spiro atoms. The van der Waals surface area contributed by atoms with Crippen molar-refractivity contribution in [3.8, 4) is 22.5 Å². The molecule has 0 bridgehead atoms. The molecule has 2 aliphatic heterocycles. The molecule has 10 nitrogen and oxygen atoms in total. The van der Waals surface area contributed by atoms with Crippen molar-refractivity contribution in [2.24, 2.45) is 0 Å². The predicted molar refractivity (Wildman–Crippen MR) is 188 cm³/mol. The molecular formula is C39H38N8O2. The maximum Gasteiger partial charge on any atom is 0.258 e. The number of carbonyl (C=O) groups excluding carboxylic acids is 1.